The van der Waals surface area contributed by atoms with E-state index in [1.54, 1.807) is 0 Å². The molecule has 0 spiro atoms. The fraction of sp³-hybridized carbons (Fsp3) is 0.167. The van der Waals surface area contributed by atoms with Gasteiger partial charge in [0.15, 0.2) is 5.11 Å². The normalized spacial score (nSPS) is 10.6. The third kappa shape index (κ3) is 5.65. The molecular weight excluding hydrogens is 378 g/mol. The van der Waals surface area contributed by atoms with Crippen molar-refractivity contribution in [1.82, 2.24) is 10.9 Å². The van der Waals surface area contributed by atoms with Crippen LogP contribution in [0.3, 0.4) is 0 Å². The number of carbonyl (C=O) groups is 1. The molecule has 0 bridgehead atoms. The van der Waals surface area contributed by atoms with Crippen molar-refractivity contribution < 1.29 is 4.79 Å². The van der Waals surface area contributed by atoms with Crippen LogP contribution in [-0.2, 0) is 4.79 Å². The van der Waals surface area contributed by atoms with Gasteiger partial charge in [-0.15, -0.1) is 0 Å². The van der Waals surface area contributed by atoms with Crippen LogP contribution in [0.5, 0.6) is 0 Å². The van der Waals surface area contributed by atoms with Crippen molar-refractivity contribution in [3.8, 4) is 0 Å². The van der Waals surface area contributed by atoms with E-state index in [0.29, 0.717) is 11.0 Å². The van der Waals surface area contributed by atoms with Crippen molar-refractivity contribution in [2.24, 2.45) is 0 Å². The predicted octanol–water partition coefficient (Wildman–Crippen LogP) is 4.96. The van der Waals surface area contributed by atoms with Gasteiger partial charge >= 0.3 is 0 Å². The minimum atomic E-state index is -0.432. The molecule has 1 amide bonds. The molecular formula is C24H25N3OS. The predicted molar refractivity (Wildman–Crippen MR) is 123 cm³/mol. The summed E-state index contributed by atoms with van der Waals surface area (Å²) < 4.78 is 0. The summed E-state index contributed by atoms with van der Waals surface area (Å²) in [6.45, 7) is 4.31. The van der Waals surface area contributed by atoms with Crippen LogP contribution in [-0.4, -0.2) is 11.0 Å². The zero-order valence-corrected chi connectivity index (χ0v) is 17.4. The second-order valence-corrected chi connectivity index (χ2v) is 7.51. The van der Waals surface area contributed by atoms with Crippen LogP contribution in [0, 0.1) is 0 Å². The van der Waals surface area contributed by atoms with E-state index in [0.717, 1.165) is 16.8 Å². The summed E-state index contributed by atoms with van der Waals surface area (Å²) in [7, 11) is 0. The molecule has 0 aliphatic rings. The van der Waals surface area contributed by atoms with Gasteiger partial charge in [-0.3, -0.25) is 15.6 Å². The molecule has 3 rings (SSSR count). The molecule has 3 aromatic rings. The number of hydrogen-bond acceptors (Lipinski definition) is 2. The van der Waals surface area contributed by atoms with Crippen LogP contribution >= 0.6 is 12.2 Å². The lowest BCUT2D eigenvalue weighted by Crippen LogP contribution is -2.45. The summed E-state index contributed by atoms with van der Waals surface area (Å²) in [5.41, 5.74) is 9.51. The van der Waals surface area contributed by atoms with Gasteiger partial charge in [0.05, 0.1) is 5.92 Å². The van der Waals surface area contributed by atoms with Gasteiger partial charge in [-0.05, 0) is 47.0 Å². The summed E-state index contributed by atoms with van der Waals surface area (Å²) in [5, 5.41) is 3.42. The van der Waals surface area contributed by atoms with Gasteiger partial charge in [0, 0.05) is 5.69 Å². The Labute approximate surface area is 177 Å². The van der Waals surface area contributed by atoms with Gasteiger partial charge in [-0.25, -0.2) is 0 Å². The number of thiocarbonyl (C=S) groups is 1. The largest absolute Gasteiger partial charge is 0.331 e. The van der Waals surface area contributed by atoms with Crippen LogP contribution in [0.15, 0.2) is 84.9 Å². The molecule has 0 aliphatic carbocycles. The summed E-state index contributed by atoms with van der Waals surface area (Å²) in [6, 6.07) is 27.5. The average Bonchev–Trinajstić information content (AvgIpc) is 2.74. The molecule has 0 saturated carbocycles. The summed E-state index contributed by atoms with van der Waals surface area (Å²) >= 11 is 5.32. The first-order valence-corrected chi connectivity index (χ1v) is 10.0. The molecule has 0 atom stereocenters. The summed E-state index contributed by atoms with van der Waals surface area (Å²) in [4.78, 5) is 13.0. The van der Waals surface area contributed by atoms with Crippen molar-refractivity contribution >= 4 is 28.9 Å². The van der Waals surface area contributed by atoms with Crippen LogP contribution in [0.1, 0.15) is 42.4 Å². The van der Waals surface area contributed by atoms with Crippen molar-refractivity contribution in [1.29, 1.82) is 0 Å². The van der Waals surface area contributed by atoms with E-state index in [1.165, 1.54) is 5.56 Å². The lowest BCUT2D eigenvalue weighted by Gasteiger charge is -2.19. The molecule has 0 heterocycles. The Kier molecular flexibility index (Phi) is 6.98. The molecule has 0 unspecified atom stereocenters. The van der Waals surface area contributed by atoms with Crippen LogP contribution in [0.25, 0.3) is 0 Å². The molecule has 4 nitrogen and oxygen atoms in total. The first-order chi connectivity index (χ1) is 14.0. The Bertz CT molecular complexity index is 901. The van der Waals surface area contributed by atoms with Gasteiger partial charge in [0.1, 0.15) is 0 Å². The number of hydrazine groups is 1. The molecule has 3 aromatic carbocycles. The summed E-state index contributed by atoms with van der Waals surface area (Å²) in [6.07, 6.45) is 0. The number of anilines is 1. The van der Waals surface area contributed by atoms with E-state index in [2.05, 4.69) is 42.1 Å². The quantitative estimate of drug-likeness (QED) is 0.416. The lowest BCUT2D eigenvalue weighted by atomic mass is 9.91. The highest BCUT2D eigenvalue weighted by molar-refractivity contribution is 7.80. The van der Waals surface area contributed by atoms with E-state index in [-0.39, 0.29) is 5.91 Å². The Balaban J connectivity index is 1.64. The Morgan fingerprint density at radius 2 is 1.24 bits per heavy atom. The minimum absolute atomic E-state index is 0.179. The maximum Gasteiger partial charge on any atom is 0.250 e. The first kappa shape index (κ1) is 20.6. The second-order valence-electron chi connectivity index (χ2n) is 7.10. The van der Waals surface area contributed by atoms with Crippen molar-refractivity contribution in [3.63, 3.8) is 0 Å². The molecule has 0 aromatic heterocycles. The molecule has 29 heavy (non-hydrogen) atoms. The highest BCUT2D eigenvalue weighted by Crippen LogP contribution is 2.24. The maximum absolute atomic E-state index is 13.0. The molecule has 5 heteroatoms. The third-order valence-electron chi connectivity index (χ3n) is 4.66. The zero-order valence-electron chi connectivity index (χ0n) is 16.6. The number of hydrogen-bond donors (Lipinski definition) is 3. The Morgan fingerprint density at radius 1 is 0.724 bits per heavy atom. The van der Waals surface area contributed by atoms with Gasteiger partial charge < -0.3 is 5.32 Å². The number of benzene rings is 3. The van der Waals surface area contributed by atoms with Crippen molar-refractivity contribution in [3.05, 3.63) is 102 Å². The number of rotatable bonds is 5. The van der Waals surface area contributed by atoms with Crippen LogP contribution in [0.4, 0.5) is 5.69 Å². The van der Waals surface area contributed by atoms with Gasteiger partial charge in [-0.2, -0.15) is 0 Å². The third-order valence-corrected chi connectivity index (χ3v) is 4.87. The fourth-order valence-corrected chi connectivity index (χ4v) is 3.26. The molecule has 0 saturated heterocycles. The van der Waals surface area contributed by atoms with E-state index in [1.807, 2.05) is 72.8 Å². The van der Waals surface area contributed by atoms with E-state index in [4.69, 9.17) is 12.2 Å². The van der Waals surface area contributed by atoms with Crippen LogP contribution in [0.2, 0.25) is 0 Å². The van der Waals surface area contributed by atoms with Gasteiger partial charge in [0.25, 0.3) is 0 Å². The Hall–Kier alpha value is -3.18. The Morgan fingerprint density at radius 3 is 1.72 bits per heavy atom. The molecule has 3 N–H and O–H groups in total. The van der Waals surface area contributed by atoms with Crippen molar-refractivity contribution in [2.75, 3.05) is 5.32 Å². The number of nitrogens with one attached hydrogen (secondary N) is 3. The number of amides is 1. The standard InChI is InChI=1S/C24H25N3OS/c1-17(2)18-13-15-21(16-14-18)25-24(29)27-26-23(28)22(19-9-5-3-6-10-19)20-11-7-4-8-12-20/h3-17,22H,1-2H3,(H,26,28)(H2,25,27,29). The highest BCUT2D eigenvalue weighted by Gasteiger charge is 2.22. The van der Waals surface area contributed by atoms with Crippen LogP contribution < -0.4 is 16.2 Å². The van der Waals surface area contributed by atoms with E-state index >= 15 is 0 Å². The molecule has 148 valence electrons. The number of carbonyl (C=O) groups excluding carboxylic acids is 1. The van der Waals surface area contributed by atoms with E-state index < -0.39 is 5.92 Å². The zero-order chi connectivity index (χ0) is 20.6. The first-order valence-electron chi connectivity index (χ1n) is 9.61. The molecule has 0 aliphatic heterocycles. The molecule has 0 radical (unpaired) electrons. The smallest absolute Gasteiger partial charge is 0.250 e. The highest BCUT2D eigenvalue weighted by atomic mass is 32.1. The minimum Gasteiger partial charge on any atom is -0.331 e. The van der Waals surface area contributed by atoms with Crippen molar-refractivity contribution in [2.45, 2.75) is 25.7 Å². The monoisotopic (exact) mass is 403 g/mol. The topological polar surface area (TPSA) is 53.2 Å². The van der Waals surface area contributed by atoms with Gasteiger partial charge in [0.2, 0.25) is 5.91 Å². The second kappa shape index (κ2) is 9.85. The van der Waals surface area contributed by atoms with E-state index in [9.17, 15) is 4.79 Å². The summed E-state index contributed by atoms with van der Waals surface area (Å²) in [5.74, 6) is -0.138. The average molecular weight is 404 g/mol. The fourth-order valence-electron chi connectivity index (χ4n) is 3.09. The maximum atomic E-state index is 13.0. The lowest BCUT2D eigenvalue weighted by molar-refractivity contribution is -0.122. The molecule has 0 fully saturated rings. The SMILES string of the molecule is CC(C)c1ccc(NC(=S)NNC(=O)C(c2ccccc2)c2ccccc2)cc1. The van der Waals surface area contributed by atoms with Gasteiger partial charge in [-0.1, -0.05) is 86.6 Å².